The van der Waals surface area contributed by atoms with Crippen molar-refractivity contribution in [1.29, 1.82) is 0 Å². The van der Waals surface area contributed by atoms with Crippen LogP contribution in [-0.2, 0) is 38.1 Å². The summed E-state index contributed by atoms with van der Waals surface area (Å²) in [6.07, 6.45) is 3.54. The van der Waals surface area contributed by atoms with Crippen molar-refractivity contribution in [3.63, 3.8) is 0 Å². The molecule has 2 aliphatic carbocycles. The van der Waals surface area contributed by atoms with Gasteiger partial charge in [-0.2, -0.15) is 0 Å². The number of carbonyl (C=O) groups is 4. The number of allylic oxidation sites excluding steroid dienone is 1. The van der Waals surface area contributed by atoms with E-state index < -0.39 is 46.0 Å². The van der Waals surface area contributed by atoms with Crippen LogP contribution in [0, 0.1) is 10.8 Å². The summed E-state index contributed by atoms with van der Waals surface area (Å²) in [5, 5.41) is 22.1. The molecule has 46 heavy (non-hydrogen) atoms. The highest BCUT2D eigenvalue weighted by atomic mass is 16.6. The second-order valence-corrected chi connectivity index (χ2v) is 13.8. The second kappa shape index (κ2) is 13.5. The van der Waals surface area contributed by atoms with Gasteiger partial charge in [0.05, 0.1) is 43.5 Å². The number of esters is 3. The van der Waals surface area contributed by atoms with Gasteiger partial charge in [-0.05, 0) is 39.5 Å². The molecule has 3 fully saturated rings. The lowest BCUT2D eigenvalue weighted by Gasteiger charge is -2.58. The lowest BCUT2D eigenvalue weighted by Crippen LogP contribution is -2.66. The van der Waals surface area contributed by atoms with E-state index in [0.717, 1.165) is 6.42 Å². The molecule has 0 aromatic heterocycles. The van der Waals surface area contributed by atoms with Gasteiger partial charge in [0, 0.05) is 42.1 Å². The third kappa shape index (κ3) is 6.79. The molecule has 252 valence electrons. The summed E-state index contributed by atoms with van der Waals surface area (Å²) in [7, 11) is 0. The number of hydrogen-bond acceptors (Lipinski definition) is 11. The third-order valence-corrected chi connectivity index (χ3v) is 10.6. The monoisotopic (exact) mass is 642 g/mol. The van der Waals surface area contributed by atoms with Crippen molar-refractivity contribution in [2.75, 3.05) is 26.4 Å². The van der Waals surface area contributed by atoms with Gasteiger partial charge in [0.1, 0.15) is 12.2 Å². The maximum Gasteiger partial charge on any atom is 0.308 e. The molecule has 2 unspecified atom stereocenters. The van der Waals surface area contributed by atoms with Gasteiger partial charge in [0.2, 0.25) is 0 Å². The van der Waals surface area contributed by atoms with Gasteiger partial charge in [-0.1, -0.05) is 48.9 Å². The van der Waals surface area contributed by atoms with E-state index in [0.29, 0.717) is 37.9 Å². The Morgan fingerprint density at radius 1 is 1.02 bits per heavy atom. The van der Waals surface area contributed by atoms with Gasteiger partial charge in [0.25, 0.3) is 0 Å². The summed E-state index contributed by atoms with van der Waals surface area (Å²) in [5.74, 6) is -1.86. The van der Waals surface area contributed by atoms with Crippen LogP contribution < -0.4 is 0 Å². The molecule has 2 heterocycles. The first-order valence-corrected chi connectivity index (χ1v) is 16.2. The largest absolute Gasteiger partial charge is 0.466 e. The number of rotatable bonds is 15. The lowest BCUT2D eigenvalue weighted by atomic mass is 9.51. The first-order chi connectivity index (χ1) is 21.8. The average molecular weight is 643 g/mol. The maximum atomic E-state index is 13.0. The van der Waals surface area contributed by atoms with Gasteiger partial charge in [0.15, 0.2) is 12.4 Å². The van der Waals surface area contributed by atoms with Crippen molar-refractivity contribution in [1.82, 2.24) is 0 Å². The molecule has 2 bridgehead atoms. The predicted molar refractivity (Wildman–Crippen MR) is 163 cm³/mol. The highest BCUT2D eigenvalue weighted by Crippen LogP contribution is 2.71. The normalized spacial score (nSPS) is 32.1. The van der Waals surface area contributed by atoms with E-state index in [2.05, 4.69) is 13.0 Å². The molecular weight excluding hydrogens is 596 g/mol. The van der Waals surface area contributed by atoms with Crippen LogP contribution in [0.4, 0.5) is 0 Å². The van der Waals surface area contributed by atoms with Crippen molar-refractivity contribution in [2.24, 2.45) is 10.8 Å². The molecule has 2 aliphatic heterocycles. The van der Waals surface area contributed by atoms with Gasteiger partial charge < -0.3 is 33.9 Å². The van der Waals surface area contributed by atoms with E-state index in [-0.39, 0.29) is 63.5 Å². The fraction of sp³-hybridized carbons (Fsp3) is 0.657. The molecule has 0 radical (unpaired) electrons. The van der Waals surface area contributed by atoms with Crippen LogP contribution >= 0.6 is 0 Å². The molecule has 11 nitrogen and oxygen atoms in total. The first kappa shape index (κ1) is 34.2. The molecule has 5 rings (SSSR count). The molecule has 4 aliphatic rings. The molecule has 1 saturated carbocycles. The Morgan fingerprint density at radius 2 is 1.70 bits per heavy atom. The molecule has 11 heteroatoms. The number of aliphatic hydroxyl groups is 2. The minimum Gasteiger partial charge on any atom is -0.466 e. The summed E-state index contributed by atoms with van der Waals surface area (Å²) >= 11 is 0. The number of hydrogen-bond donors (Lipinski definition) is 2. The fourth-order valence-corrected chi connectivity index (χ4v) is 7.58. The van der Waals surface area contributed by atoms with Crippen LogP contribution in [-0.4, -0.2) is 89.8 Å². The van der Waals surface area contributed by atoms with Crippen molar-refractivity contribution in [2.45, 2.75) is 108 Å². The number of carbonyl (C=O) groups excluding carboxylic acids is 4. The number of epoxide rings is 1. The Bertz CT molecular complexity index is 1330. The number of benzene rings is 1. The lowest BCUT2D eigenvalue weighted by molar-refractivity contribution is -0.230. The van der Waals surface area contributed by atoms with Crippen LogP contribution in [0.2, 0.25) is 0 Å². The van der Waals surface area contributed by atoms with E-state index in [9.17, 15) is 29.4 Å². The molecule has 2 N–H and O–H groups in total. The predicted octanol–water partition coefficient (Wildman–Crippen LogP) is 3.62. The summed E-state index contributed by atoms with van der Waals surface area (Å²) < 4.78 is 28.5. The standard InChI is InChI=1S/C35H46O11/c1-23-13-14-34(27(17-23)46-28-18-26(37)33(34,3)35(28)22-45-35)21-44-31(40)19-32(2,41)15-16-42-29(38)11-7-8-12-30(39)43-20-25(36)24-9-5-4-6-10-24/h4-6,9-10,17,26-28,37,41H,7-8,11-16,18-22H2,1-3H3/t26-,27-,28-,32?,33-,34-,35?/m1/s1. The SMILES string of the molecule is CC1=C[C@H]2O[C@@H]3C[C@@H](O)[C@@](C)(C34CO4)[C@@]2(COC(=O)CC(C)(O)CCOC(=O)CCCCC(=O)OCC(=O)c2ccccc2)CC1. The number of unbranched alkanes of at least 4 members (excludes halogenated alkanes) is 1. The first-order valence-electron chi connectivity index (χ1n) is 16.2. The molecule has 1 aromatic carbocycles. The minimum absolute atomic E-state index is 0.0312. The second-order valence-electron chi connectivity index (χ2n) is 13.8. The highest BCUT2D eigenvalue weighted by molar-refractivity contribution is 5.97. The minimum atomic E-state index is -1.47. The smallest absolute Gasteiger partial charge is 0.308 e. The Balaban J connectivity index is 1.00. The molecule has 1 spiro atoms. The molecule has 2 saturated heterocycles. The van der Waals surface area contributed by atoms with E-state index in [4.69, 9.17) is 23.7 Å². The van der Waals surface area contributed by atoms with Gasteiger partial charge >= 0.3 is 17.9 Å². The molecule has 7 atom stereocenters. The van der Waals surface area contributed by atoms with Crippen LogP contribution in [0.3, 0.4) is 0 Å². The number of fused-ring (bicyclic) bond motifs is 2. The summed E-state index contributed by atoms with van der Waals surface area (Å²) in [6, 6.07) is 8.56. The Hall–Kier alpha value is -3.12. The van der Waals surface area contributed by atoms with E-state index in [1.54, 1.807) is 30.3 Å². The van der Waals surface area contributed by atoms with Crippen molar-refractivity contribution in [3.8, 4) is 0 Å². The zero-order chi connectivity index (χ0) is 33.2. The Kier molecular flexibility index (Phi) is 10.1. The number of aliphatic hydroxyl groups excluding tert-OH is 1. The third-order valence-electron chi connectivity index (χ3n) is 10.6. The van der Waals surface area contributed by atoms with E-state index >= 15 is 0 Å². The number of ether oxygens (including phenoxy) is 5. The Labute approximate surface area is 269 Å². The molecule has 1 aromatic rings. The zero-order valence-electron chi connectivity index (χ0n) is 27.0. The van der Waals surface area contributed by atoms with Gasteiger partial charge in [-0.25, -0.2) is 0 Å². The topological polar surface area (TPSA) is 158 Å². The van der Waals surface area contributed by atoms with E-state index in [1.165, 1.54) is 12.5 Å². The number of ketones is 1. The average Bonchev–Trinajstić information content (AvgIpc) is 3.80. The van der Waals surface area contributed by atoms with E-state index in [1.807, 2.05) is 6.92 Å². The highest BCUT2D eigenvalue weighted by Gasteiger charge is 2.82. The van der Waals surface area contributed by atoms with Crippen LogP contribution in [0.5, 0.6) is 0 Å². The van der Waals surface area contributed by atoms with Crippen LogP contribution in [0.15, 0.2) is 42.0 Å². The maximum absolute atomic E-state index is 13.0. The van der Waals surface area contributed by atoms with Crippen LogP contribution in [0.25, 0.3) is 0 Å². The Morgan fingerprint density at radius 3 is 2.37 bits per heavy atom. The molecular formula is C35H46O11. The summed E-state index contributed by atoms with van der Waals surface area (Å²) in [5.41, 5.74) is -1.69. The summed E-state index contributed by atoms with van der Waals surface area (Å²) in [6.45, 7) is 5.71. The van der Waals surface area contributed by atoms with Gasteiger partial charge in [-0.3, -0.25) is 19.2 Å². The fourth-order valence-electron chi connectivity index (χ4n) is 7.58. The quantitative estimate of drug-likeness (QED) is 0.0719. The van der Waals surface area contributed by atoms with Crippen LogP contribution in [0.1, 0.15) is 88.9 Å². The summed E-state index contributed by atoms with van der Waals surface area (Å²) in [4.78, 5) is 49.1. The van der Waals surface area contributed by atoms with Crippen molar-refractivity contribution >= 4 is 23.7 Å². The number of Topliss-reactive ketones (excluding diaryl/α,β-unsaturated/α-hetero) is 1. The zero-order valence-corrected chi connectivity index (χ0v) is 27.0. The molecule has 0 amide bonds. The van der Waals surface area contributed by atoms with Gasteiger partial charge in [-0.15, -0.1) is 0 Å². The van der Waals surface area contributed by atoms with Crippen molar-refractivity contribution in [3.05, 3.63) is 47.5 Å². The van der Waals surface area contributed by atoms with Crippen molar-refractivity contribution < 1.29 is 53.1 Å².